The monoisotopic (exact) mass is 368 g/mol. The van der Waals surface area contributed by atoms with Crippen molar-refractivity contribution in [2.75, 3.05) is 7.11 Å². The Kier molecular flexibility index (Phi) is 4.37. The molecule has 2 heterocycles. The normalized spacial score (nSPS) is 10.8. The number of hydrogen-bond donors (Lipinski definition) is 0. The third-order valence-corrected chi connectivity index (χ3v) is 3.89. The van der Waals surface area contributed by atoms with E-state index in [4.69, 9.17) is 25.3 Å². The fourth-order valence-corrected chi connectivity index (χ4v) is 2.57. The Labute approximate surface area is 153 Å². The highest BCUT2D eigenvalue weighted by molar-refractivity contribution is 6.30. The van der Waals surface area contributed by atoms with Crippen LogP contribution >= 0.6 is 11.6 Å². The van der Waals surface area contributed by atoms with Crippen molar-refractivity contribution in [1.29, 1.82) is 0 Å². The van der Waals surface area contributed by atoms with Gasteiger partial charge in [0.15, 0.2) is 0 Å². The summed E-state index contributed by atoms with van der Waals surface area (Å²) in [6, 6.07) is 14.6. The zero-order chi connectivity index (χ0) is 17.9. The largest absolute Gasteiger partial charge is 0.497 e. The van der Waals surface area contributed by atoms with Gasteiger partial charge in [-0.2, -0.15) is 4.98 Å². The first kappa shape index (κ1) is 16.3. The summed E-state index contributed by atoms with van der Waals surface area (Å²) in [7, 11) is 1.61. The topological polar surface area (TPSA) is 87.1 Å². The SMILES string of the molecule is COc1ccc(-c2nnc(Cc3nc(-c4cccc(Cl)c4)no3)o2)cc1. The Balaban J connectivity index is 1.51. The van der Waals surface area contributed by atoms with Gasteiger partial charge in [-0.3, -0.25) is 0 Å². The van der Waals surface area contributed by atoms with Gasteiger partial charge in [0.25, 0.3) is 0 Å². The second-order valence-corrected chi connectivity index (χ2v) is 5.86. The van der Waals surface area contributed by atoms with Crippen LogP contribution in [0.25, 0.3) is 22.8 Å². The summed E-state index contributed by atoms with van der Waals surface area (Å²) in [5.41, 5.74) is 1.58. The minimum atomic E-state index is 0.247. The average Bonchev–Trinajstić information content (AvgIpc) is 3.32. The molecule has 0 aliphatic rings. The molecule has 0 atom stereocenters. The van der Waals surface area contributed by atoms with Crippen LogP contribution in [-0.2, 0) is 6.42 Å². The van der Waals surface area contributed by atoms with E-state index in [1.165, 1.54) is 0 Å². The van der Waals surface area contributed by atoms with Crippen LogP contribution in [0.2, 0.25) is 5.02 Å². The Morgan fingerprint density at radius 3 is 2.62 bits per heavy atom. The third kappa shape index (κ3) is 3.43. The molecule has 0 aliphatic heterocycles. The molecular formula is C18H13ClN4O3. The highest BCUT2D eigenvalue weighted by Gasteiger charge is 2.14. The predicted octanol–water partition coefficient (Wildman–Crippen LogP) is 4.04. The molecule has 0 bridgehead atoms. The van der Waals surface area contributed by atoms with Gasteiger partial charge in [-0.25, -0.2) is 0 Å². The van der Waals surface area contributed by atoms with Gasteiger partial charge in [0.05, 0.1) is 7.11 Å². The Morgan fingerprint density at radius 1 is 1.00 bits per heavy atom. The van der Waals surface area contributed by atoms with Crippen LogP contribution in [0.5, 0.6) is 5.75 Å². The molecule has 4 aromatic rings. The van der Waals surface area contributed by atoms with E-state index in [1.54, 1.807) is 19.2 Å². The van der Waals surface area contributed by atoms with Gasteiger partial charge in [0.2, 0.25) is 23.5 Å². The fourth-order valence-electron chi connectivity index (χ4n) is 2.38. The van der Waals surface area contributed by atoms with Crippen LogP contribution in [0.15, 0.2) is 57.5 Å². The number of benzene rings is 2. The molecule has 7 nitrogen and oxygen atoms in total. The molecule has 0 radical (unpaired) electrons. The van der Waals surface area contributed by atoms with Crippen molar-refractivity contribution in [3.8, 4) is 28.6 Å². The molecular weight excluding hydrogens is 356 g/mol. The second-order valence-electron chi connectivity index (χ2n) is 5.43. The van der Waals surface area contributed by atoms with Crippen molar-refractivity contribution in [3.05, 3.63) is 65.3 Å². The van der Waals surface area contributed by atoms with E-state index in [9.17, 15) is 0 Å². The van der Waals surface area contributed by atoms with E-state index < -0.39 is 0 Å². The van der Waals surface area contributed by atoms with Crippen LogP contribution in [0.4, 0.5) is 0 Å². The zero-order valence-corrected chi connectivity index (χ0v) is 14.5. The molecule has 0 N–H and O–H groups in total. The molecule has 4 rings (SSSR count). The Bertz CT molecular complexity index is 1030. The number of ether oxygens (including phenoxy) is 1. The van der Waals surface area contributed by atoms with E-state index >= 15 is 0 Å². The summed E-state index contributed by atoms with van der Waals surface area (Å²) in [5, 5.41) is 12.6. The highest BCUT2D eigenvalue weighted by Crippen LogP contribution is 2.23. The number of methoxy groups -OCH3 is 1. The molecule has 0 saturated heterocycles. The van der Waals surface area contributed by atoms with Crippen molar-refractivity contribution in [1.82, 2.24) is 20.3 Å². The molecule has 0 fully saturated rings. The minimum absolute atomic E-state index is 0.247. The van der Waals surface area contributed by atoms with Gasteiger partial charge in [-0.1, -0.05) is 28.9 Å². The van der Waals surface area contributed by atoms with Crippen molar-refractivity contribution in [3.63, 3.8) is 0 Å². The molecule has 8 heteroatoms. The van der Waals surface area contributed by atoms with E-state index in [-0.39, 0.29) is 6.42 Å². The Hall–Kier alpha value is -3.19. The van der Waals surface area contributed by atoms with Crippen molar-refractivity contribution in [2.45, 2.75) is 6.42 Å². The smallest absolute Gasteiger partial charge is 0.247 e. The van der Waals surface area contributed by atoms with Crippen LogP contribution in [0.3, 0.4) is 0 Å². The number of aromatic nitrogens is 4. The first-order chi connectivity index (χ1) is 12.7. The van der Waals surface area contributed by atoms with Crippen LogP contribution in [-0.4, -0.2) is 27.4 Å². The molecule has 2 aromatic heterocycles. The summed E-state index contributed by atoms with van der Waals surface area (Å²) in [4.78, 5) is 4.34. The lowest BCUT2D eigenvalue weighted by molar-refractivity contribution is 0.374. The Morgan fingerprint density at radius 2 is 1.85 bits per heavy atom. The number of rotatable bonds is 5. The van der Waals surface area contributed by atoms with Gasteiger partial charge in [0.1, 0.15) is 12.2 Å². The maximum absolute atomic E-state index is 5.98. The van der Waals surface area contributed by atoms with E-state index in [0.717, 1.165) is 16.9 Å². The van der Waals surface area contributed by atoms with Crippen molar-refractivity contribution in [2.24, 2.45) is 0 Å². The second kappa shape index (κ2) is 6.97. The van der Waals surface area contributed by atoms with Gasteiger partial charge in [0, 0.05) is 16.1 Å². The summed E-state index contributed by atoms with van der Waals surface area (Å²) in [5.74, 6) is 2.39. The van der Waals surface area contributed by atoms with Gasteiger partial charge in [-0.15, -0.1) is 10.2 Å². The number of hydrogen-bond acceptors (Lipinski definition) is 7. The summed E-state index contributed by atoms with van der Waals surface area (Å²) in [6.45, 7) is 0. The molecule has 0 spiro atoms. The molecule has 0 unspecified atom stereocenters. The quantitative estimate of drug-likeness (QED) is 0.525. The summed E-state index contributed by atoms with van der Waals surface area (Å²) in [6.07, 6.45) is 0.247. The van der Waals surface area contributed by atoms with Gasteiger partial charge >= 0.3 is 0 Å². The maximum atomic E-state index is 5.98. The lowest BCUT2D eigenvalue weighted by Crippen LogP contribution is -1.89. The predicted molar refractivity (Wildman–Crippen MR) is 93.8 cm³/mol. The highest BCUT2D eigenvalue weighted by atomic mass is 35.5. The van der Waals surface area contributed by atoms with Crippen molar-refractivity contribution < 1.29 is 13.7 Å². The van der Waals surface area contributed by atoms with Crippen molar-refractivity contribution >= 4 is 11.6 Å². The average molecular weight is 369 g/mol. The molecule has 130 valence electrons. The molecule has 0 amide bonds. The molecule has 0 aliphatic carbocycles. The van der Waals surface area contributed by atoms with Gasteiger partial charge < -0.3 is 13.7 Å². The van der Waals surface area contributed by atoms with E-state index in [0.29, 0.717) is 28.5 Å². The lowest BCUT2D eigenvalue weighted by atomic mass is 10.2. The minimum Gasteiger partial charge on any atom is -0.497 e. The van der Waals surface area contributed by atoms with Crippen LogP contribution in [0.1, 0.15) is 11.8 Å². The first-order valence-corrected chi connectivity index (χ1v) is 8.14. The molecule has 0 saturated carbocycles. The molecule has 26 heavy (non-hydrogen) atoms. The van der Waals surface area contributed by atoms with Gasteiger partial charge in [-0.05, 0) is 36.4 Å². The first-order valence-electron chi connectivity index (χ1n) is 7.76. The fraction of sp³-hybridized carbons (Fsp3) is 0.111. The summed E-state index contributed by atoms with van der Waals surface area (Å²) >= 11 is 5.98. The lowest BCUT2D eigenvalue weighted by Gasteiger charge is -1.99. The third-order valence-electron chi connectivity index (χ3n) is 3.66. The van der Waals surface area contributed by atoms with Crippen LogP contribution < -0.4 is 4.74 Å². The summed E-state index contributed by atoms with van der Waals surface area (Å²) < 4.78 is 16.1. The maximum Gasteiger partial charge on any atom is 0.247 e. The van der Waals surface area contributed by atoms with Crippen LogP contribution in [0, 0.1) is 0 Å². The number of nitrogens with zero attached hydrogens (tertiary/aromatic N) is 4. The zero-order valence-electron chi connectivity index (χ0n) is 13.7. The number of halogens is 1. The van der Waals surface area contributed by atoms with E-state index in [1.807, 2.05) is 36.4 Å². The molecule has 2 aromatic carbocycles. The van der Waals surface area contributed by atoms with E-state index in [2.05, 4.69) is 20.3 Å². The standard InChI is InChI=1S/C18H13ClN4O3/c1-24-14-7-5-11(6-8-14)18-22-21-16(25-18)10-15-20-17(23-26-15)12-3-2-4-13(19)9-12/h2-9H,10H2,1H3.